The van der Waals surface area contributed by atoms with Crippen molar-refractivity contribution in [2.75, 3.05) is 0 Å². The van der Waals surface area contributed by atoms with Gasteiger partial charge in [0.2, 0.25) is 5.79 Å². The lowest BCUT2D eigenvalue weighted by Gasteiger charge is -2.51. The van der Waals surface area contributed by atoms with E-state index < -0.39 is 17.2 Å². The molecule has 4 heteroatoms. The molecular formula is C16H24O4. The minimum Gasteiger partial charge on any atom is -0.481 e. The van der Waals surface area contributed by atoms with Crippen LogP contribution >= 0.6 is 0 Å². The van der Waals surface area contributed by atoms with Crippen LogP contribution in [0.3, 0.4) is 0 Å². The summed E-state index contributed by atoms with van der Waals surface area (Å²) in [4.78, 5) is 11.4. The lowest BCUT2D eigenvalue weighted by molar-refractivity contribution is -0.159. The van der Waals surface area contributed by atoms with Gasteiger partial charge in [-0.05, 0) is 56.8 Å². The van der Waals surface area contributed by atoms with Crippen LogP contribution in [-0.4, -0.2) is 16.9 Å². The van der Waals surface area contributed by atoms with Crippen LogP contribution in [0.1, 0.15) is 64.7 Å². The number of aliphatic carboxylic acids is 1. The lowest BCUT2D eigenvalue weighted by atomic mass is 9.52. The second-order valence-electron chi connectivity index (χ2n) is 7.08. The van der Waals surface area contributed by atoms with Crippen molar-refractivity contribution < 1.29 is 19.4 Å². The quantitative estimate of drug-likeness (QED) is 0.832. The van der Waals surface area contributed by atoms with Gasteiger partial charge in [-0.1, -0.05) is 0 Å². The van der Waals surface area contributed by atoms with E-state index in [0.717, 1.165) is 51.4 Å². The number of carbonyl (C=O) groups is 1. The van der Waals surface area contributed by atoms with Crippen LogP contribution in [-0.2, 0) is 14.3 Å². The van der Waals surface area contributed by atoms with Crippen LogP contribution in [0.15, 0.2) is 12.5 Å². The summed E-state index contributed by atoms with van der Waals surface area (Å²) in [6.45, 7) is 1.97. The van der Waals surface area contributed by atoms with Gasteiger partial charge in [0.1, 0.15) is 12.5 Å². The number of carboxylic acid groups (broad SMARTS) is 1. The molecule has 1 heterocycles. The van der Waals surface area contributed by atoms with Gasteiger partial charge >= 0.3 is 5.97 Å². The Bertz CT molecular complexity index is 394. The number of hydrogen-bond acceptors (Lipinski definition) is 3. The number of ether oxygens (including phenoxy) is 2. The first-order valence-corrected chi connectivity index (χ1v) is 7.72. The molecule has 3 aliphatic carbocycles. The summed E-state index contributed by atoms with van der Waals surface area (Å²) in [5.41, 5.74) is -0.00504. The van der Waals surface area contributed by atoms with Crippen LogP contribution < -0.4 is 0 Å². The molecule has 0 radical (unpaired) electrons. The minimum atomic E-state index is -0.572. The van der Waals surface area contributed by atoms with Crippen LogP contribution in [0, 0.1) is 10.8 Å². The zero-order valence-corrected chi connectivity index (χ0v) is 12.2. The van der Waals surface area contributed by atoms with Gasteiger partial charge in [0.25, 0.3) is 0 Å². The van der Waals surface area contributed by atoms with E-state index in [0.29, 0.717) is 5.41 Å². The highest BCUT2D eigenvalue weighted by atomic mass is 16.7. The zero-order chi connectivity index (χ0) is 14.3. The van der Waals surface area contributed by atoms with E-state index in [2.05, 4.69) is 0 Å². The maximum absolute atomic E-state index is 11.4. The van der Waals surface area contributed by atoms with Crippen molar-refractivity contribution in [2.45, 2.75) is 70.5 Å². The van der Waals surface area contributed by atoms with Crippen LogP contribution in [0.4, 0.5) is 0 Å². The molecule has 0 amide bonds. The third kappa shape index (κ3) is 2.29. The zero-order valence-electron chi connectivity index (χ0n) is 12.2. The Morgan fingerprint density at radius 3 is 2.10 bits per heavy atom. The van der Waals surface area contributed by atoms with E-state index in [4.69, 9.17) is 9.47 Å². The SMILES string of the molecule is CC1(CCCC23CCC(C(=O)O)(CC2)CC3)OC=CO1. The van der Waals surface area contributed by atoms with E-state index >= 15 is 0 Å². The van der Waals surface area contributed by atoms with Gasteiger partial charge < -0.3 is 14.6 Å². The van der Waals surface area contributed by atoms with Gasteiger partial charge in [0, 0.05) is 13.3 Å². The van der Waals surface area contributed by atoms with Gasteiger partial charge in [-0.15, -0.1) is 0 Å². The first-order chi connectivity index (χ1) is 9.48. The summed E-state index contributed by atoms with van der Waals surface area (Å²) in [5.74, 6) is -1.05. The van der Waals surface area contributed by atoms with Gasteiger partial charge in [-0.25, -0.2) is 0 Å². The molecule has 0 aromatic heterocycles. The van der Waals surface area contributed by atoms with Gasteiger partial charge in [0.05, 0.1) is 5.41 Å². The second-order valence-corrected chi connectivity index (χ2v) is 7.08. The van der Waals surface area contributed by atoms with Crippen LogP contribution in [0.25, 0.3) is 0 Å². The molecule has 0 atom stereocenters. The summed E-state index contributed by atoms with van der Waals surface area (Å²) in [6.07, 6.45) is 12.2. The van der Waals surface area contributed by atoms with Crippen molar-refractivity contribution in [3.63, 3.8) is 0 Å². The average molecular weight is 280 g/mol. The minimum absolute atomic E-state index is 0.388. The molecule has 0 unspecified atom stereocenters. The van der Waals surface area contributed by atoms with Crippen molar-refractivity contribution in [3.8, 4) is 0 Å². The van der Waals surface area contributed by atoms with Gasteiger partial charge in [-0.3, -0.25) is 4.79 Å². The molecule has 4 rings (SSSR count). The fraction of sp³-hybridized carbons (Fsp3) is 0.812. The molecule has 112 valence electrons. The first kappa shape index (κ1) is 13.8. The Hall–Kier alpha value is -1.19. The summed E-state index contributed by atoms with van der Waals surface area (Å²) in [7, 11) is 0. The van der Waals surface area contributed by atoms with Crippen molar-refractivity contribution in [1.82, 2.24) is 0 Å². The monoisotopic (exact) mass is 280 g/mol. The average Bonchev–Trinajstić information content (AvgIpc) is 2.87. The lowest BCUT2D eigenvalue weighted by Crippen LogP contribution is -2.45. The van der Waals surface area contributed by atoms with E-state index in [-0.39, 0.29) is 0 Å². The van der Waals surface area contributed by atoms with Crippen LogP contribution in [0.5, 0.6) is 0 Å². The molecule has 1 aliphatic heterocycles. The predicted molar refractivity (Wildman–Crippen MR) is 73.8 cm³/mol. The Labute approximate surface area is 120 Å². The summed E-state index contributed by atoms with van der Waals surface area (Å²) >= 11 is 0. The molecule has 4 aliphatic rings. The third-order valence-corrected chi connectivity index (χ3v) is 5.88. The topological polar surface area (TPSA) is 55.8 Å². The van der Waals surface area contributed by atoms with Crippen molar-refractivity contribution in [3.05, 3.63) is 12.5 Å². The van der Waals surface area contributed by atoms with E-state index in [9.17, 15) is 9.90 Å². The van der Waals surface area contributed by atoms with Crippen LogP contribution in [0.2, 0.25) is 0 Å². The van der Waals surface area contributed by atoms with E-state index in [1.54, 1.807) is 12.5 Å². The molecular weight excluding hydrogens is 256 g/mol. The maximum atomic E-state index is 11.4. The number of carboxylic acids is 1. The second kappa shape index (κ2) is 4.68. The van der Waals surface area contributed by atoms with Crippen molar-refractivity contribution in [2.24, 2.45) is 10.8 Å². The van der Waals surface area contributed by atoms with E-state index in [1.807, 2.05) is 6.92 Å². The van der Waals surface area contributed by atoms with Gasteiger partial charge in [0.15, 0.2) is 0 Å². The molecule has 0 aromatic carbocycles. The Morgan fingerprint density at radius 2 is 1.60 bits per heavy atom. The molecule has 0 aromatic rings. The maximum Gasteiger partial charge on any atom is 0.309 e. The first-order valence-electron chi connectivity index (χ1n) is 7.72. The molecule has 2 bridgehead atoms. The largest absolute Gasteiger partial charge is 0.481 e. The fourth-order valence-corrected chi connectivity index (χ4v) is 4.23. The predicted octanol–water partition coefficient (Wildman–Crippen LogP) is 3.82. The highest BCUT2D eigenvalue weighted by Gasteiger charge is 2.52. The van der Waals surface area contributed by atoms with Gasteiger partial charge in [-0.2, -0.15) is 0 Å². The standard InChI is InChI=1S/C16H24O4/c1-14(19-11-12-20-14)3-2-4-15-5-8-16(9-6-15,10-7-15)13(17)18/h11-12H,2-10H2,1H3,(H,17,18). The molecule has 20 heavy (non-hydrogen) atoms. The third-order valence-electron chi connectivity index (χ3n) is 5.88. The highest BCUT2D eigenvalue weighted by molar-refractivity contribution is 5.75. The fourth-order valence-electron chi connectivity index (χ4n) is 4.23. The molecule has 3 saturated carbocycles. The van der Waals surface area contributed by atoms with Crippen molar-refractivity contribution in [1.29, 1.82) is 0 Å². The molecule has 0 spiro atoms. The normalized spacial score (nSPS) is 37.5. The van der Waals surface area contributed by atoms with Crippen molar-refractivity contribution >= 4 is 5.97 Å². The highest BCUT2D eigenvalue weighted by Crippen LogP contribution is 2.59. The Morgan fingerprint density at radius 1 is 1.05 bits per heavy atom. The Balaban J connectivity index is 1.51. The summed E-state index contributed by atoms with van der Waals surface area (Å²) in [5, 5.41) is 9.41. The number of fused-ring (bicyclic) bond motifs is 3. The summed E-state index contributed by atoms with van der Waals surface area (Å²) in [6, 6.07) is 0. The molecule has 4 nitrogen and oxygen atoms in total. The summed E-state index contributed by atoms with van der Waals surface area (Å²) < 4.78 is 10.9. The molecule has 0 saturated heterocycles. The molecule has 1 N–H and O–H groups in total. The molecule has 3 fully saturated rings. The Kier molecular flexibility index (Phi) is 3.22. The van der Waals surface area contributed by atoms with E-state index in [1.165, 1.54) is 6.42 Å². The number of rotatable bonds is 5. The number of hydrogen-bond donors (Lipinski definition) is 1. The smallest absolute Gasteiger partial charge is 0.309 e.